The van der Waals surface area contributed by atoms with Gasteiger partial charge < -0.3 is 0 Å². The average Bonchev–Trinajstić information content (AvgIpc) is 3.00. The number of terminal acetylenes is 1. The first-order valence-electron chi connectivity index (χ1n) is 15.6. The minimum atomic E-state index is 0.927. The molecule has 0 atom stereocenters. The Labute approximate surface area is 254 Å². The average molecular weight is 549 g/mol. The Hall–Kier alpha value is -3.30. The van der Waals surface area contributed by atoms with E-state index in [9.17, 15) is 0 Å². The van der Waals surface area contributed by atoms with E-state index in [1.165, 1.54) is 70.2 Å². The van der Waals surface area contributed by atoms with Crippen LogP contribution in [0.3, 0.4) is 0 Å². The fourth-order valence-electron chi connectivity index (χ4n) is 4.93. The van der Waals surface area contributed by atoms with Gasteiger partial charge in [0.05, 0.1) is 0 Å². The smallest absolute Gasteiger partial charge is 0.0243 e. The van der Waals surface area contributed by atoms with Crippen molar-refractivity contribution >= 4 is 5.57 Å². The maximum Gasteiger partial charge on any atom is 0.0243 e. The van der Waals surface area contributed by atoms with Crippen LogP contribution < -0.4 is 0 Å². The Kier molecular flexibility index (Phi) is 16.5. The van der Waals surface area contributed by atoms with E-state index < -0.39 is 0 Å². The SMILES string of the molecule is C#Cc1ccc(-c2ccc(C)c(CC)c2)cc1.C=C(C)/C(C)=C(\C)c1ccccc1C.CC.CC1CCC(C)CC1. The Balaban J connectivity index is 0.000000315. The third kappa shape index (κ3) is 12.0. The molecule has 41 heavy (non-hydrogen) atoms. The van der Waals surface area contributed by atoms with E-state index in [0.717, 1.165) is 29.4 Å². The molecule has 0 unspecified atom stereocenters. The molecule has 0 amide bonds. The second-order valence-corrected chi connectivity index (χ2v) is 11.4. The molecule has 0 nitrogen and oxygen atoms in total. The van der Waals surface area contributed by atoms with Gasteiger partial charge in [0, 0.05) is 5.56 Å². The highest BCUT2D eigenvalue weighted by Gasteiger charge is 2.13. The van der Waals surface area contributed by atoms with Crippen molar-refractivity contribution in [1.82, 2.24) is 0 Å². The number of hydrogen-bond acceptors (Lipinski definition) is 0. The van der Waals surface area contributed by atoms with E-state index in [-0.39, 0.29) is 0 Å². The molecule has 0 aliphatic heterocycles. The summed E-state index contributed by atoms with van der Waals surface area (Å²) in [6.45, 7) is 25.5. The zero-order chi connectivity index (χ0) is 30.9. The molecule has 0 heteroatoms. The van der Waals surface area contributed by atoms with Gasteiger partial charge in [-0.1, -0.05) is 133 Å². The first-order chi connectivity index (χ1) is 19.6. The van der Waals surface area contributed by atoms with Crippen LogP contribution in [0.4, 0.5) is 0 Å². The number of aryl methyl sites for hydroxylation is 3. The van der Waals surface area contributed by atoms with Crippen LogP contribution in [0.25, 0.3) is 16.7 Å². The zero-order valence-electron chi connectivity index (χ0n) is 27.8. The molecule has 0 aromatic heterocycles. The Bertz CT molecular complexity index is 1260. The van der Waals surface area contributed by atoms with Crippen LogP contribution in [0.5, 0.6) is 0 Å². The van der Waals surface area contributed by atoms with Crippen LogP contribution >= 0.6 is 0 Å². The fourth-order valence-corrected chi connectivity index (χ4v) is 4.93. The van der Waals surface area contributed by atoms with E-state index in [2.05, 4.69) is 122 Å². The van der Waals surface area contributed by atoms with Crippen molar-refractivity contribution in [2.75, 3.05) is 0 Å². The number of hydrogen-bond donors (Lipinski definition) is 0. The minimum Gasteiger partial charge on any atom is -0.115 e. The van der Waals surface area contributed by atoms with Crippen molar-refractivity contribution in [2.24, 2.45) is 11.8 Å². The quantitative estimate of drug-likeness (QED) is 0.225. The highest BCUT2D eigenvalue weighted by molar-refractivity contribution is 5.72. The molecular weight excluding hydrogens is 492 g/mol. The maximum absolute atomic E-state index is 5.35. The lowest BCUT2D eigenvalue weighted by Gasteiger charge is -2.22. The van der Waals surface area contributed by atoms with Crippen molar-refractivity contribution in [3.05, 3.63) is 112 Å². The minimum absolute atomic E-state index is 0.927. The Morgan fingerprint density at radius 2 is 1.29 bits per heavy atom. The Morgan fingerprint density at radius 1 is 0.780 bits per heavy atom. The van der Waals surface area contributed by atoms with Gasteiger partial charge in [0.2, 0.25) is 0 Å². The molecular formula is C41H56. The third-order valence-electron chi connectivity index (χ3n) is 8.17. The molecule has 3 aromatic rings. The first kappa shape index (κ1) is 35.7. The van der Waals surface area contributed by atoms with Crippen molar-refractivity contribution in [3.63, 3.8) is 0 Å². The standard InChI is InChI=1S/C17H16.C14H18.C8H16.C2H6/c1-4-14-7-10-16(11-8-14)17-9-6-13(3)15(5-2)12-17;1-10(2)12(4)13(5)14-9-7-6-8-11(14)3;1-7-3-5-8(2)6-4-7;1-2/h1,6-12H,5H2,2-3H3;6-9H,1H2,2-5H3;7-8H,3-6H2,1-2H3;1-2H3/b;13-12+;;. The second-order valence-electron chi connectivity index (χ2n) is 11.4. The maximum atomic E-state index is 5.35. The van der Waals surface area contributed by atoms with Gasteiger partial charge in [0.15, 0.2) is 0 Å². The van der Waals surface area contributed by atoms with Crippen LogP contribution in [0.2, 0.25) is 0 Å². The molecule has 1 aliphatic rings. The van der Waals surface area contributed by atoms with Gasteiger partial charge in [-0.15, -0.1) is 6.42 Å². The number of benzene rings is 3. The third-order valence-corrected chi connectivity index (χ3v) is 8.17. The Morgan fingerprint density at radius 3 is 1.76 bits per heavy atom. The van der Waals surface area contributed by atoms with Crippen molar-refractivity contribution < 1.29 is 0 Å². The van der Waals surface area contributed by atoms with Crippen molar-refractivity contribution in [1.29, 1.82) is 0 Å². The van der Waals surface area contributed by atoms with E-state index in [0.29, 0.717) is 0 Å². The molecule has 0 radical (unpaired) electrons. The largest absolute Gasteiger partial charge is 0.115 e. The summed E-state index contributed by atoms with van der Waals surface area (Å²) in [5.74, 6) is 4.68. The molecule has 1 aliphatic carbocycles. The van der Waals surface area contributed by atoms with Gasteiger partial charge in [-0.05, 0) is 110 Å². The molecule has 0 N–H and O–H groups in total. The van der Waals surface area contributed by atoms with Gasteiger partial charge in [-0.3, -0.25) is 0 Å². The molecule has 1 saturated carbocycles. The van der Waals surface area contributed by atoms with E-state index >= 15 is 0 Å². The zero-order valence-corrected chi connectivity index (χ0v) is 27.8. The monoisotopic (exact) mass is 548 g/mol. The molecule has 0 spiro atoms. The van der Waals surface area contributed by atoms with Gasteiger partial charge >= 0.3 is 0 Å². The van der Waals surface area contributed by atoms with Crippen LogP contribution in [0.15, 0.2) is 84.5 Å². The molecule has 0 bridgehead atoms. The van der Waals surface area contributed by atoms with E-state index in [1.54, 1.807) is 0 Å². The van der Waals surface area contributed by atoms with Gasteiger partial charge in [0.25, 0.3) is 0 Å². The lowest BCUT2D eigenvalue weighted by atomic mass is 9.84. The molecule has 3 aromatic carbocycles. The normalized spacial score (nSPS) is 16.2. The summed E-state index contributed by atoms with van der Waals surface area (Å²) in [4.78, 5) is 0. The lowest BCUT2D eigenvalue weighted by molar-refractivity contribution is 0.308. The summed E-state index contributed by atoms with van der Waals surface area (Å²) in [7, 11) is 0. The van der Waals surface area contributed by atoms with Gasteiger partial charge in [-0.2, -0.15) is 0 Å². The first-order valence-corrected chi connectivity index (χ1v) is 15.6. The molecule has 1 fully saturated rings. The topological polar surface area (TPSA) is 0 Å². The van der Waals surface area contributed by atoms with Crippen molar-refractivity contribution in [2.45, 2.75) is 101 Å². The van der Waals surface area contributed by atoms with E-state index in [1.807, 2.05) is 26.0 Å². The fraction of sp³-hybridized carbons (Fsp3) is 0.415. The van der Waals surface area contributed by atoms with E-state index in [4.69, 9.17) is 6.42 Å². The predicted octanol–water partition coefficient (Wildman–Crippen LogP) is 12.4. The summed E-state index contributed by atoms with van der Waals surface area (Å²) >= 11 is 0. The second kappa shape index (κ2) is 18.9. The summed E-state index contributed by atoms with van der Waals surface area (Å²) in [5, 5.41) is 0. The molecule has 0 saturated heterocycles. The van der Waals surface area contributed by atoms with Crippen LogP contribution in [-0.2, 0) is 6.42 Å². The highest BCUT2D eigenvalue weighted by Crippen LogP contribution is 2.27. The molecule has 220 valence electrons. The summed E-state index contributed by atoms with van der Waals surface area (Å²) < 4.78 is 0. The van der Waals surface area contributed by atoms with Crippen LogP contribution in [-0.4, -0.2) is 0 Å². The highest BCUT2D eigenvalue weighted by atomic mass is 14.2. The lowest BCUT2D eigenvalue weighted by Crippen LogP contribution is -2.08. The van der Waals surface area contributed by atoms with Crippen LogP contribution in [0.1, 0.15) is 109 Å². The van der Waals surface area contributed by atoms with Gasteiger partial charge in [-0.25, -0.2) is 0 Å². The molecule has 4 rings (SSSR count). The summed E-state index contributed by atoms with van der Waals surface area (Å²) in [6.07, 6.45) is 12.3. The summed E-state index contributed by atoms with van der Waals surface area (Å²) in [5.41, 5.74) is 12.6. The van der Waals surface area contributed by atoms with Crippen molar-refractivity contribution in [3.8, 4) is 23.5 Å². The predicted molar refractivity (Wildman–Crippen MR) is 186 cm³/mol. The molecule has 0 heterocycles. The number of rotatable bonds is 4. The summed E-state index contributed by atoms with van der Waals surface area (Å²) in [6, 6.07) is 23.2. The van der Waals surface area contributed by atoms with Crippen LogP contribution in [0, 0.1) is 38.0 Å². The number of allylic oxidation sites excluding steroid dienone is 3. The van der Waals surface area contributed by atoms with Gasteiger partial charge in [0.1, 0.15) is 0 Å².